The van der Waals surface area contributed by atoms with E-state index in [1.807, 2.05) is 0 Å². The van der Waals surface area contributed by atoms with Crippen LogP contribution in [-0.2, 0) is 0 Å². The van der Waals surface area contributed by atoms with Crippen LogP contribution in [0.1, 0.15) is 52.4 Å². The fraction of sp³-hybridized carbons (Fsp3) is 1.00. The normalized spacial score (nSPS) is 11.1. The van der Waals surface area contributed by atoms with Crippen molar-refractivity contribution < 1.29 is 0 Å². The van der Waals surface area contributed by atoms with E-state index in [4.69, 9.17) is 0 Å². The maximum atomic E-state index is 3.53. The second-order valence-corrected chi connectivity index (χ2v) is 5.37. The van der Waals surface area contributed by atoms with Gasteiger partial charge in [0.25, 0.3) is 0 Å². The number of rotatable bonds is 17. The Bertz CT molecular complexity index is 147. The molecule has 0 aromatic carbocycles. The van der Waals surface area contributed by atoms with Gasteiger partial charge in [-0.15, -0.1) is 0 Å². The number of hydrogen-bond donors (Lipinski definition) is 4. The van der Waals surface area contributed by atoms with Crippen LogP contribution >= 0.6 is 0 Å². The summed E-state index contributed by atoms with van der Waals surface area (Å²) in [5, 5.41) is 13.8. The SMILES string of the molecule is CCCNCCCCNCCCCNCCCNCC. The first-order valence-electron chi connectivity index (χ1n) is 8.74. The summed E-state index contributed by atoms with van der Waals surface area (Å²) in [4.78, 5) is 0. The third kappa shape index (κ3) is 17.8. The fourth-order valence-electron chi connectivity index (χ4n) is 2.07. The Morgan fingerprint density at radius 2 is 0.850 bits per heavy atom. The lowest BCUT2D eigenvalue weighted by atomic mass is 10.2. The van der Waals surface area contributed by atoms with Crippen LogP contribution in [0.25, 0.3) is 0 Å². The minimum absolute atomic E-state index is 1.08. The molecule has 0 unspecified atom stereocenters. The van der Waals surface area contributed by atoms with E-state index in [0.717, 1.165) is 32.7 Å². The summed E-state index contributed by atoms with van der Waals surface area (Å²) in [5.41, 5.74) is 0. The zero-order valence-electron chi connectivity index (χ0n) is 13.9. The van der Waals surface area contributed by atoms with Crippen LogP contribution in [0, 0.1) is 0 Å². The van der Waals surface area contributed by atoms with Crippen LogP contribution in [-0.4, -0.2) is 52.4 Å². The van der Waals surface area contributed by atoms with Crippen LogP contribution in [0.4, 0.5) is 0 Å². The Labute approximate surface area is 126 Å². The molecule has 0 aliphatic rings. The van der Waals surface area contributed by atoms with Crippen molar-refractivity contribution in [1.29, 1.82) is 0 Å². The zero-order chi connectivity index (χ0) is 14.7. The van der Waals surface area contributed by atoms with E-state index < -0.39 is 0 Å². The topological polar surface area (TPSA) is 48.1 Å². The molecule has 0 radical (unpaired) electrons. The van der Waals surface area contributed by atoms with E-state index in [1.165, 1.54) is 58.2 Å². The summed E-state index contributed by atoms with van der Waals surface area (Å²) in [6, 6.07) is 0. The first-order valence-corrected chi connectivity index (χ1v) is 8.74. The molecule has 0 aromatic heterocycles. The molecule has 0 atom stereocenters. The second-order valence-electron chi connectivity index (χ2n) is 5.37. The molecule has 0 heterocycles. The molecule has 4 N–H and O–H groups in total. The van der Waals surface area contributed by atoms with E-state index in [2.05, 4.69) is 35.1 Å². The van der Waals surface area contributed by atoms with Crippen LogP contribution in [0.15, 0.2) is 0 Å². The predicted octanol–water partition coefficient (Wildman–Crippen LogP) is 1.73. The standard InChI is InChI=1S/C16H38N4/c1-3-10-18-11-5-6-12-19-13-7-8-14-20-16-9-15-17-4-2/h17-20H,3-16H2,1-2H3. The summed E-state index contributed by atoms with van der Waals surface area (Å²) >= 11 is 0. The molecule has 4 heteroatoms. The number of unbranched alkanes of at least 4 members (excludes halogenated alkanes) is 2. The highest BCUT2D eigenvalue weighted by Crippen LogP contribution is 1.88. The molecule has 0 amide bonds. The third-order valence-electron chi connectivity index (χ3n) is 3.30. The molecular formula is C16H38N4. The Balaban J connectivity index is 2.89. The van der Waals surface area contributed by atoms with Crippen molar-refractivity contribution >= 4 is 0 Å². The first-order chi connectivity index (χ1) is 9.91. The van der Waals surface area contributed by atoms with Gasteiger partial charge in [0.15, 0.2) is 0 Å². The smallest absolute Gasteiger partial charge is 0.00368 e. The lowest BCUT2D eigenvalue weighted by Gasteiger charge is -2.07. The zero-order valence-corrected chi connectivity index (χ0v) is 13.9. The van der Waals surface area contributed by atoms with E-state index in [0.29, 0.717) is 0 Å². The van der Waals surface area contributed by atoms with Crippen molar-refractivity contribution in [2.24, 2.45) is 0 Å². The molecule has 0 rings (SSSR count). The number of nitrogens with one attached hydrogen (secondary N) is 4. The van der Waals surface area contributed by atoms with Gasteiger partial charge in [-0.2, -0.15) is 0 Å². The Hall–Kier alpha value is -0.160. The van der Waals surface area contributed by atoms with Gasteiger partial charge in [0.1, 0.15) is 0 Å². The molecular weight excluding hydrogens is 248 g/mol. The van der Waals surface area contributed by atoms with Crippen molar-refractivity contribution in [3.8, 4) is 0 Å². The summed E-state index contributed by atoms with van der Waals surface area (Å²) in [7, 11) is 0. The molecule has 0 aromatic rings. The van der Waals surface area contributed by atoms with Gasteiger partial charge in [-0.25, -0.2) is 0 Å². The maximum absolute atomic E-state index is 3.53. The van der Waals surface area contributed by atoms with Gasteiger partial charge < -0.3 is 21.3 Å². The van der Waals surface area contributed by atoms with Crippen molar-refractivity contribution in [2.45, 2.75) is 52.4 Å². The van der Waals surface area contributed by atoms with Crippen molar-refractivity contribution in [3.05, 3.63) is 0 Å². The average molecular weight is 287 g/mol. The maximum Gasteiger partial charge on any atom is -0.00368 e. The first kappa shape index (κ1) is 19.8. The van der Waals surface area contributed by atoms with Gasteiger partial charge in [0, 0.05) is 0 Å². The molecule has 0 bridgehead atoms. The van der Waals surface area contributed by atoms with Gasteiger partial charge in [-0.05, 0) is 90.9 Å². The lowest BCUT2D eigenvalue weighted by molar-refractivity contribution is 0.546. The third-order valence-corrected chi connectivity index (χ3v) is 3.30. The van der Waals surface area contributed by atoms with Gasteiger partial charge in [-0.1, -0.05) is 13.8 Å². The van der Waals surface area contributed by atoms with E-state index >= 15 is 0 Å². The largest absolute Gasteiger partial charge is 0.317 e. The van der Waals surface area contributed by atoms with E-state index in [1.54, 1.807) is 0 Å². The summed E-state index contributed by atoms with van der Waals surface area (Å²) in [6.45, 7) is 13.6. The molecule has 20 heavy (non-hydrogen) atoms. The minimum Gasteiger partial charge on any atom is -0.317 e. The minimum atomic E-state index is 1.08. The fourth-order valence-corrected chi connectivity index (χ4v) is 2.07. The Morgan fingerprint density at radius 1 is 0.450 bits per heavy atom. The Kier molecular flexibility index (Phi) is 18.7. The van der Waals surface area contributed by atoms with Crippen LogP contribution in [0.3, 0.4) is 0 Å². The highest BCUT2D eigenvalue weighted by Gasteiger charge is 1.91. The Morgan fingerprint density at radius 3 is 1.30 bits per heavy atom. The summed E-state index contributed by atoms with van der Waals surface area (Å²) in [6.07, 6.45) is 7.62. The molecule has 4 nitrogen and oxygen atoms in total. The van der Waals surface area contributed by atoms with Crippen molar-refractivity contribution in [2.75, 3.05) is 52.4 Å². The second kappa shape index (κ2) is 18.8. The lowest BCUT2D eigenvalue weighted by Crippen LogP contribution is -2.23. The molecule has 0 aliphatic heterocycles. The van der Waals surface area contributed by atoms with Crippen LogP contribution < -0.4 is 21.3 Å². The highest BCUT2D eigenvalue weighted by atomic mass is 14.9. The van der Waals surface area contributed by atoms with Crippen LogP contribution in [0.2, 0.25) is 0 Å². The van der Waals surface area contributed by atoms with Crippen molar-refractivity contribution in [3.63, 3.8) is 0 Å². The molecule has 0 aliphatic carbocycles. The number of hydrogen-bond acceptors (Lipinski definition) is 4. The molecule has 122 valence electrons. The van der Waals surface area contributed by atoms with Crippen molar-refractivity contribution in [1.82, 2.24) is 21.3 Å². The molecule has 0 saturated heterocycles. The van der Waals surface area contributed by atoms with Crippen LogP contribution in [0.5, 0.6) is 0 Å². The monoisotopic (exact) mass is 286 g/mol. The van der Waals surface area contributed by atoms with E-state index in [-0.39, 0.29) is 0 Å². The van der Waals surface area contributed by atoms with Gasteiger partial charge in [0.2, 0.25) is 0 Å². The summed E-state index contributed by atoms with van der Waals surface area (Å²) < 4.78 is 0. The average Bonchev–Trinajstić information content (AvgIpc) is 2.47. The van der Waals surface area contributed by atoms with Gasteiger partial charge in [-0.3, -0.25) is 0 Å². The highest BCUT2D eigenvalue weighted by molar-refractivity contribution is 4.54. The molecule has 0 saturated carbocycles. The van der Waals surface area contributed by atoms with E-state index in [9.17, 15) is 0 Å². The van der Waals surface area contributed by atoms with Gasteiger partial charge >= 0.3 is 0 Å². The molecule has 0 spiro atoms. The summed E-state index contributed by atoms with van der Waals surface area (Å²) in [5.74, 6) is 0. The molecule has 0 fully saturated rings. The van der Waals surface area contributed by atoms with Gasteiger partial charge in [0.05, 0.1) is 0 Å². The predicted molar refractivity (Wildman–Crippen MR) is 90.5 cm³/mol. The quantitative estimate of drug-likeness (QED) is 0.308.